The summed E-state index contributed by atoms with van der Waals surface area (Å²) < 4.78 is 4.51. The minimum Gasteiger partial charge on any atom is -0.469 e. The van der Waals surface area contributed by atoms with Gasteiger partial charge >= 0.3 is 12.0 Å². The number of nitrogens with one attached hydrogen (secondary N) is 3. The van der Waals surface area contributed by atoms with Crippen LogP contribution in [0, 0.1) is 0 Å². The van der Waals surface area contributed by atoms with Gasteiger partial charge in [-0.1, -0.05) is 6.92 Å². The number of amides is 3. The van der Waals surface area contributed by atoms with E-state index in [1.165, 1.54) is 7.11 Å². The van der Waals surface area contributed by atoms with Crippen molar-refractivity contribution in [2.45, 2.75) is 52.0 Å². The molecule has 0 rings (SSSR count). The van der Waals surface area contributed by atoms with E-state index < -0.39 is 0 Å². The van der Waals surface area contributed by atoms with E-state index in [1.807, 2.05) is 13.8 Å². The van der Waals surface area contributed by atoms with Gasteiger partial charge in [0.05, 0.1) is 7.11 Å². The molecule has 1 unspecified atom stereocenters. The van der Waals surface area contributed by atoms with E-state index in [0.717, 1.165) is 6.42 Å². The zero-order valence-corrected chi connectivity index (χ0v) is 13.2. The summed E-state index contributed by atoms with van der Waals surface area (Å²) in [5.74, 6) is -0.311. The molecule has 0 saturated carbocycles. The van der Waals surface area contributed by atoms with Crippen molar-refractivity contribution in [2.24, 2.45) is 0 Å². The van der Waals surface area contributed by atoms with Crippen LogP contribution in [0.2, 0.25) is 0 Å². The fraction of sp³-hybridized carbons (Fsp3) is 0.786. The maximum atomic E-state index is 11.5. The number of methoxy groups -OCH3 is 1. The second-order valence-electron chi connectivity index (χ2n) is 4.84. The lowest BCUT2D eigenvalue weighted by atomic mass is 10.2. The Morgan fingerprint density at radius 1 is 1.05 bits per heavy atom. The smallest absolute Gasteiger partial charge is 0.314 e. The highest BCUT2D eigenvalue weighted by Crippen LogP contribution is 1.95. The molecule has 0 aliphatic heterocycles. The summed E-state index contributed by atoms with van der Waals surface area (Å²) >= 11 is 0. The Hall–Kier alpha value is -1.79. The summed E-state index contributed by atoms with van der Waals surface area (Å²) in [6.07, 6.45) is 2.88. The molecular weight excluding hydrogens is 274 g/mol. The van der Waals surface area contributed by atoms with Gasteiger partial charge in [-0.25, -0.2) is 4.79 Å². The van der Waals surface area contributed by atoms with Crippen molar-refractivity contribution in [1.29, 1.82) is 0 Å². The summed E-state index contributed by atoms with van der Waals surface area (Å²) in [6.45, 7) is 4.72. The van der Waals surface area contributed by atoms with Gasteiger partial charge in [0.2, 0.25) is 5.91 Å². The number of carbonyl (C=O) groups excluding carboxylic acids is 3. The highest BCUT2D eigenvalue weighted by molar-refractivity contribution is 5.78. The van der Waals surface area contributed by atoms with Crippen molar-refractivity contribution >= 4 is 17.9 Å². The van der Waals surface area contributed by atoms with E-state index in [4.69, 9.17) is 0 Å². The molecule has 1 atom stereocenters. The fourth-order valence-corrected chi connectivity index (χ4v) is 1.50. The lowest BCUT2D eigenvalue weighted by Gasteiger charge is -2.11. The molecule has 7 heteroatoms. The molecule has 0 aromatic carbocycles. The van der Waals surface area contributed by atoms with Gasteiger partial charge in [0.25, 0.3) is 0 Å². The molecule has 7 nitrogen and oxygen atoms in total. The van der Waals surface area contributed by atoms with Crippen molar-refractivity contribution in [3.63, 3.8) is 0 Å². The van der Waals surface area contributed by atoms with Crippen LogP contribution in [0.15, 0.2) is 0 Å². The highest BCUT2D eigenvalue weighted by atomic mass is 16.5. The highest BCUT2D eigenvalue weighted by Gasteiger charge is 2.06. The van der Waals surface area contributed by atoms with Crippen LogP contribution in [0.1, 0.15) is 46.0 Å². The minimum absolute atomic E-state index is 0.0669. The van der Waals surface area contributed by atoms with Gasteiger partial charge in [0.1, 0.15) is 0 Å². The van der Waals surface area contributed by atoms with Gasteiger partial charge in [-0.2, -0.15) is 0 Å². The van der Waals surface area contributed by atoms with E-state index >= 15 is 0 Å². The van der Waals surface area contributed by atoms with Crippen LogP contribution in [-0.4, -0.2) is 44.1 Å². The summed E-state index contributed by atoms with van der Waals surface area (Å²) in [7, 11) is 1.35. The van der Waals surface area contributed by atoms with Gasteiger partial charge < -0.3 is 20.7 Å². The Labute approximate surface area is 126 Å². The summed E-state index contributed by atoms with van der Waals surface area (Å²) in [5.41, 5.74) is 0. The van der Waals surface area contributed by atoms with Crippen LogP contribution in [0.5, 0.6) is 0 Å². The summed E-state index contributed by atoms with van der Waals surface area (Å²) in [4.78, 5) is 33.7. The number of esters is 1. The van der Waals surface area contributed by atoms with E-state index in [1.54, 1.807) is 0 Å². The number of urea groups is 1. The van der Waals surface area contributed by atoms with Crippen LogP contribution in [0.4, 0.5) is 4.79 Å². The topological polar surface area (TPSA) is 96.5 Å². The maximum absolute atomic E-state index is 11.5. The van der Waals surface area contributed by atoms with Crippen LogP contribution >= 0.6 is 0 Å². The Kier molecular flexibility index (Phi) is 11.0. The Morgan fingerprint density at radius 3 is 2.33 bits per heavy atom. The van der Waals surface area contributed by atoms with Gasteiger partial charge in [0.15, 0.2) is 0 Å². The van der Waals surface area contributed by atoms with E-state index in [0.29, 0.717) is 32.4 Å². The minimum atomic E-state index is -0.301. The molecule has 0 saturated heterocycles. The Morgan fingerprint density at radius 2 is 1.71 bits per heavy atom. The quantitative estimate of drug-likeness (QED) is 0.413. The lowest BCUT2D eigenvalue weighted by Crippen LogP contribution is -2.39. The van der Waals surface area contributed by atoms with Gasteiger partial charge in [-0.15, -0.1) is 0 Å². The first-order valence-corrected chi connectivity index (χ1v) is 7.37. The van der Waals surface area contributed by atoms with E-state index in [-0.39, 0.29) is 30.4 Å². The fourth-order valence-electron chi connectivity index (χ4n) is 1.50. The lowest BCUT2D eigenvalue weighted by molar-refractivity contribution is -0.140. The molecule has 0 bridgehead atoms. The molecule has 0 heterocycles. The normalized spacial score (nSPS) is 11.4. The number of rotatable bonds is 10. The van der Waals surface area contributed by atoms with Crippen LogP contribution in [0.25, 0.3) is 0 Å². The van der Waals surface area contributed by atoms with Gasteiger partial charge in [-0.3, -0.25) is 9.59 Å². The summed E-state index contributed by atoms with van der Waals surface area (Å²) in [5, 5.41) is 8.10. The number of hydrogen-bond acceptors (Lipinski definition) is 4. The summed E-state index contributed by atoms with van der Waals surface area (Å²) in [6, 6.07) is -0.148. The predicted molar refractivity (Wildman–Crippen MR) is 79.8 cm³/mol. The van der Waals surface area contributed by atoms with Crippen LogP contribution in [0.3, 0.4) is 0 Å². The van der Waals surface area contributed by atoms with Gasteiger partial charge in [0, 0.05) is 32.0 Å². The molecule has 0 spiro atoms. The average molecular weight is 301 g/mol. The van der Waals surface area contributed by atoms with Crippen molar-refractivity contribution in [2.75, 3.05) is 20.2 Å². The molecule has 0 radical (unpaired) electrons. The van der Waals surface area contributed by atoms with E-state index in [2.05, 4.69) is 20.7 Å². The second-order valence-corrected chi connectivity index (χ2v) is 4.84. The van der Waals surface area contributed by atoms with Gasteiger partial charge in [-0.05, 0) is 26.2 Å². The van der Waals surface area contributed by atoms with Crippen molar-refractivity contribution in [3.8, 4) is 0 Å². The number of unbranched alkanes of at least 4 members (excludes halogenated alkanes) is 1. The maximum Gasteiger partial charge on any atom is 0.314 e. The zero-order valence-electron chi connectivity index (χ0n) is 13.2. The number of hydrogen-bond donors (Lipinski definition) is 3. The molecule has 21 heavy (non-hydrogen) atoms. The molecule has 122 valence electrons. The van der Waals surface area contributed by atoms with Crippen LogP contribution in [-0.2, 0) is 14.3 Å². The Bertz CT molecular complexity index is 334. The first-order valence-electron chi connectivity index (χ1n) is 7.37. The zero-order chi connectivity index (χ0) is 16.1. The van der Waals surface area contributed by atoms with Crippen LogP contribution < -0.4 is 16.0 Å². The van der Waals surface area contributed by atoms with E-state index in [9.17, 15) is 14.4 Å². The molecule has 0 aromatic heterocycles. The van der Waals surface area contributed by atoms with Crippen molar-refractivity contribution < 1.29 is 19.1 Å². The first kappa shape index (κ1) is 19.2. The SMILES string of the molecule is CCC(C)NC(=O)CCNC(=O)NCCCCC(=O)OC. The monoisotopic (exact) mass is 301 g/mol. The molecule has 3 N–H and O–H groups in total. The molecule has 0 aliphatic rings. The standard InChI is InChI=1S/C14H27N3O4/c1-4-11(2)17-12(18)8-10-16-14(20)15-9-6-5-7-13(19)21-3/h11H,4-10H2,1-3H3,(H,17,18)(H2,15,16,20). The van der Waals surface area contributed by atoms with Crippen molar-refractivity contribution in [1.82, 2.24) is 16.0 Å². The third-order valence-corrected chi connectivity index (χ3v) is 2.98. The average Bonchev–Trinajstić information content (AvgIpc) is 2.46. The predicted octanol–water partition coefficient (Wildman–Crippen LogP) is 0.934. The molecule has 0 fully saturated rings. The number of carbonyl (C=O) groups is 3. The molecule has 3 amide bonds. The number of ether oxygens (including phenoxy) is 1. The third kappa shape index (κ3) is 11.7. The second kappa shape index (κ2) is 12.0. The third-order valence-electron chi connectivity index (χ3n) is 2.98. The molecular formula is C14H27N3O4. The molecule has 0 aromatic rings. The van der Waals surface area contributed by atoms with Crippen molar-refractivity contribution in [3.05, 3.63) is 0 Å². The first-order chi connectivity index (χ1) is 9.99. The largest absolute Gasteiger partial charge is 0.469 e. The Balaban J connectivity index is 3.50. The molecule has 0 aliphatic carbocycles.